The molecule has 124 valence electrons. The molecule has 1 aliphatic rings. The lowest BCUT2D eigenvalue weighted by Crippen LogP contribution is -2.25. The second-order valence-corrected chi connectivity index (χ2v) is 12.7. The van der Waals surface area contributed by atoms with Gasteiger partial charge in [-0.05, 0) is 43.4 Å². The molecule has 0 aromatic rings. The Kier molecular flexibility index (Phi) is 7.57. The van der Waals surface area contributed by atoms with Crippen molar-refractivity contribution in [3.63, 3.8) is 0 Å². The first kappa shape index (κ1) is 18.8. The molecular weight excluding hydrogens is 284 g/mol. The minimum Gasteiger partial charge on any atom is -0.389 e. The Labute approximate surface area is 130 Å². The van der Waals surface area contributed by atoms with Crippen LogP contribution >= 0.6 is 0 Å². The Morgan fingerprint density at radius 3 is 2.48 bits per heavy atom. The smallest absolute Gasteiger partial charge is 0.147 e. The Bertz CT molecular complexity index is 347. The molecule has 1 rings (SSSR count). The third-order valence-electron chi connectivity index (χ3n) is 3.98. The zero-order valence-corrected chi connectivity index (χ0v) is 15.2. The van der Waals surface area contributed by atoms with Crippen LogP contribution in [0.5, 0.6) is 0 Å². The molecule has 5 heteroatoms. The van der Waals surface area contributed by atoms with Gasteiger partial charge in [0, 0.05) is 14.7 Å². The van der Waals surface area contributed by atoms with Gasteiger partial charge in [0.15, 0.2) is 0 Å². The Balaban J connectivity index is 2.46. The summed E-state index contributed by atoms with van der Waals surface area (Å²) in [7, 11) is -1.06. The molecule has 0 aromatic carbocycles. The van der Waals surface area contributed by atoms with Crippen LogP contribution < -0.4 is 0 Å². The van der Waals surface area contributed by atoms with Gasteiger partial charge in [-0.1, -0.05) is 26.6 Å². The average molecular weight is 317 g/mol. The zero-order valence-electron chi connectivity index (χ0n) is 14.2. The van der Waals surface area contributed by atoms with Crippen LogP contribution in [0.3, 0.4) is 0 Å². The molecular formula is C16H32O4Si. The normalized spacial score (nSPS) is 22.7. The third-order valence-corrected chi connectivity index (χ3v) is 5.69. The highest BCUT2D eigenvalue weighted by molar-refractivity contribution is 6.76. The van der Waals surface area contributed by atoms with Crippen LogP contribution in [-0.4, -0.2) is 50.0 Å². The molecule has 3 unspecified atom stereocenters. The standard InChI is InChI=1S/C16H32O4Si/c1-6-14(18)13-7-8-15(16(13)12(2)17)20-11-19-9-10-21(3,4)5/h12,14-15,17-18H,6-11H2,1-5H3. The summed E-state index contributed by atoms with van der Waals surface area (Å²) < 4.78 is 11.3. The van der Waals surface area contributed by atoms with E-state index in [0.717, 1.165) is 36.6 Å². The lowest BCUT2D eigenvalue weighted by molar-refractivity contribution is -0.0780. The highest BCUT2D eigenvalue weighted by Crippen LogP contribution is 2.34. The zero-order chi connectivity index (χ0) is 16.0. The summed E-state index contributed by atoms with van der Waals surface area (Å²) in [6, 6.07) is 1.12. The number of aliphatic hydroxyl groups excluding tert-OH is 2. The van der Waals surface area contributed by atoms with Crippen LogP contribution in [0.25, 0.3) is 0 Å². The van der Waals surface area contributed by atoms with Crippen molar-refractivity contribution < 1.29 is 19.7 Å². The summed E-state index contributed by atoms with van der Waals surface area (Å²) in [6.45, 7) is 11.7. The first-order valence-electron chi connectivity index (χ1n) is 8.04. The van der Waals surface area contributed by atoms with E-state index in [2.05, 4.69) is 19.6 Å². The topological polar surface area (TPSA) is 58.9 Å². The van der Waals surface area contributed by atoms with Crippen LogP contribution in [0.15, 0.2) is 11.1 Å². The first-order chi connectivity index (χ1) is 9.76. The van der Waals surface area contributed by atoms with Gasteiger partial charge in [0.2, 0.25) is 0 Å². The largest absolute Gasteiger partial charge is 0.389 e. The maximum absolute atomic E-state index is 10.0. The van der Waals surface area contributed by atoms with E-state index in [1.54, 1.807) is 6.92 Å². The monoisotopic (exact) mass is 316 g/mol. The van der Waals surface area contributed by atoms with Gasteiger partial charge in [-0.25, -0.2) is 0 Å². The van der Waals surface area contributed by atoms with Gasteiger partial charge < -0.3 is 19.7 Å². The molecule has 0 aliphatic heterocycles. The molecule has 1 aliphatic carbocycles. The maximum Gasteiger partial charge on any atom is 0.147 e. The molecule has 2 N–H and O–H groups in total. The van der Waals surface area contributed by atoms with Gasteiger partial charge in [-0.2, -0.15) is 0 Å². The lowest BCUT2D eigenvalue weighted by Gasteiger charge is -2.21. The highest BCUT2D eigenvalue weighted by atomic mass is 28.3. The molecule has 21 heavy (non-hydrogen) atoms. The van der Waals surface area contributed by atoms with Crippen molar-refractivity contribution >= 4 is 8.07 Å². The average Bonchev–Trinajstić information content (AvgIpc) is 2.80. The number of hydrogen-bond donors (Lipinski definition) is 2. The van der Waals surface area contributed by atoms with Gasteiger partial charge >= 0.3 is 0 Å². The number of ether oxygens (including phenoxy) is 2. The van der Waals surface area contributed by atoms with Crippen LogP contribution in [0.1, 0.15) is 33.1 Å². The summed E-state index contributed by atoms with van der Waals surface area (Å²) in [6.07, 6.45) is 1.14. The molecule has 0 spiro atoms. The van der Waals surface area contributed by atoms with Crippen LogP contribution in [0, 0.1) is 0 Å². The SMILES string of the molecule is CCC(O)C1=C(C(C)O)C(OCOCC[Si](C)(C)C)CC1. The van der Waals surface area contributed by atoms with Crippen molar-refractivity contribution in [2.24, 2.45) is 0 Å². The molecule has 0 bridgehead atoms. The minimum atomic E-state index is -1.06. The molecule has 4 nitrogen and oxygen atoms in total. The molecule has 0 saturated carbocycles. The van der Waals surface area contributed by atoms with Crippen molar-refractivity contribution in [3.05, 3.63) is 11.1 Å². The number of aliphatic hydroxyl groups is 2. The Hall–Kier alpha value is -0.203. The fourth-order valence-electron chi connectivity index (χ4n) is 2.68. The predicted octanol–water partition coefficient (Wildman–Crippen LogP) is 2.93. The first-order valence-corrected chi connectivity index (χ1v) is 11.7. The van der Waals surface area contributed by atoms with Crippen molar-refractivity contribution in [2.75, 3.05) is 13.4 Å². The number of rotatable bonds is 9. The maximum atomic E-state index is 10.0. The van der Waals surface area contributed by atoms with Crippen molar-refractivity contribution in [2.45, 2.75) is 77.1 Å². The van der Waals surface area contributed by atoms with Gasteiger partial charge in [0.25, 0.3) is 0 Å². The summed E-state index contributed by atoms with van der Waals surface area (Å²) >= 11 is 0. The fourth-order valence-corrected chi connectivity index (χ4v) is 3.43. The molecule has 0 heterocycles. The summed E-state index contributed by atoms with van der Waals surface area (Å²) in [4.78, 5) is 0. The van der Waals surface area contributed by atoms with E-state index < -0.39 is 20.3 Å². The fraction of sp³-hybridized carbons (Fsp3) is 0.875. The van der Waals surface area contributed by atoms with E-state index in [-0.39, 0.29) is 12.9 Å². The molecule has 0 fully saturated rings. The third kappa shape index (κ3) is 6.20. The summed E-state index contributed by atoms with van der Waals surface area (Å²) in [5, 5.41) is 20.0. The molecule has 0 radical (unpaired) electrons. The van der Waals surface area contributed by atoms with E-state index >= 15 is 0 Å². The van der Waals surface area contributed by atoms with Gasteiger partial charge in [0.1, 0.15) is 6.79 Å². The van der Waals surface area contributed by atoms with Crippen molar-refractivity contribution in [3.8, 4) is 0 Å². The van der Waals surface area contributed by atoms with E-state index in [1.165, 1.54) is 0 Å². The minimum absolute atomic E-state index is 0.118. The molecule has 0 amide bonds. The molecule has 3 atom stereocenters. The molecule has 0 saturated heterocycles. The molecule has 0 aromatic heterocycles. The van der Waals surface area contributed by atoms with Crippen molar-refractivity contribution in [1.82, 2.24) is 0 Å². The second kappa shape index (κ2) is 8.43. The summed E-state index contributed by atoms with van der Waals surface area (Å²) in [5.41, 5.74) is 1.82. The second-order valence-electron chi connectivity index (χ2n) is 7.11. The Morgan fingerprint density at radius 1 is 1.29 bits per heavy atom. The quantitative estimate of drug-likeness (QED) is 0.297. The van der Waals surface area contributed by atoms with Crippen LogP contribution in [-0.2, 0) is 9.47 Å². The van der Waals surface area contributed by atoms with Crippen molar-refractivity contribution in [1.29, 1.82) is 0 Å². The van der Waals surface area contributed by atoms with Crippen LogP contribution in [0.4, 0.5) is 0 Å². The van der Waals surface area contributed by atoms with Gasteiger partial charge in [-0.15, -0.1) is 0 Å². The van der Waals surface area contributed by atoms with E-state index in [9.17, 15) is 10.2 Å². The Morgan fingerprint density at radius 2 is 1.95 bits per heavy atom. The van der Waals surface area contributed by atoms with Gasteiger partial charge in [0.05, 0.1) is 18.3 Å². The van der Waals surface area contributed by atoms with Gasteiger partial charge in [-0.3, -0.25) is 0 Å². The highest BCUT2D eigenvalue weighted by Gasteiger charge is 2.31. The van der Waals surface area contributed by atoms with Crippen LogP contribution in [0.2, 0.25) is 25.7 Å². The van der Waals surface area contributed by atoms with E-state index in [4.69, 9.17) is 9.47 Å². The lowest BCUT2D eigenvalue weighted by atomic mass is 10.00. The number of hydrogen-bond acceptors (Lipinski definition) is 4. The van der Waals surface area contributed by atoms with E-state index in [0.29, 0.717) is 6.42 Å². The summed E-state index contributed by atoms with van der Waals surface area (Å²) in [5.74, 6) is 0. The van der Waals surface area contributed by atoms with E-state index in [1.807, 2.05) is 6.92 Å². The predicted molar refractivity (Wildman–Crippen MR) is 88.1 cm³/mol.